The first-order chi connectivity index (χ1) is 16.6. The maximum absolute atomic E-state index is 13.0. The summed E-state index contributed by atoms with van der Waals surface area (Å²) < 4.78 is 10.7. The van der Waals surface area contributed by atoms with E-state index in [1.54, 1.807) is 25.6 Å². The first-order valence-electron chi connectivity index (χ1n) is 11.7. The highest BCUT2D eigenvalue weighted by Crippen LogP contribution is 2.31. The molecule has 1 N–H and O–H groups in total. The first kappa shape index (κ1) is 24.1. The van der Waals surface area contributed by atoms with Crippen LogP contribution in [0.15, 0.2) is 66.0 Å². The Balaban J connectivity index is 1.41. The minimum atomic E-state index is -0.0189. The van der Waals surface area contributed by atoms with Gasteiger partial charge in [-0.25, -0.2) is 0 Å². The molecule has 6 nitrogen and oxygen atoms in total. The SMILES string of the molecule is COc1ccc(CC(=O)N[C@@H](C)[C@H](c2cccs2)N2CCN(c3ccccc3)CC2)cc1OC. The van der Waals surface area contributed by atoms with Crippen molar-refractivity contribution >= 4 is 22.9 Å². The van der Waals surface area contributed by atoms with Crippen LogP contribution in [0.5, 0.6) is 11.5 Å². The fourth-order valence-corrected chi connectivity index (χ4v) is 5.62. The van der Waals surface area contributed by atoms with E-state index in [0.717, 1.165) is 31.7 Å². The van der Waals surface area contributed by atoms with Gasteiger partial charge in [0.15, 0.2) is 11.5 Å². The third kappa shape index (κ3) is 5.72. The van der Waals surface area contributed by atoms with Gasteiger partial charge in [0, 0.05) is 42.8 Å². The number of carbonyl (C=O) groups excluding carboxylic acids is 1. The van der Waals surface area contributed by atoms with Gasteiger partial charge in [0.25, 0.3) is 0 Å². The van der Waals surface area contributed by atoms with Gasteiger partial charge >= 0.3 is 0 Å². The van der Waals surface area contributed by atoms with E-state index < -0.39 is 0 Å². The normalized spacial score (nSPS) is 16.0. The van der Waals surface area contributed by atoms with Gasteiger partial charge in [0.1, 0.15) is 0 Å². The second-order valence-corrected chi connectivity index (χ2v) is 9.52. The van der Waals surface area contributed by atoms with Crippen LogP contribution in [0.1, 0.15) is 23.4 Å². The molecule has 1 amide bonds. The average Bonchev–Trinajstić information content (AvgIpc) is 3.39. The molecular weight excluding hydrogens is 446 g/mol. The number of para-hydroxylation sites is 1. The van der Waals surface area contributed by atoms with E-state index in [0.29, 0.717) is 17.9 Å². The van der Waals surface area contributed by atoms with Crippen molar-refractivity contribution in [1.29, 1.82) is 0 Å². The number of benzene rings is 2. The molecule has 3 aromatic rings. The molecule has 0 bridgehead atoms. The zero-order valence-electron chi connectivity index (χ0n) is 20.1. The number of amides is 1. The van der Waals surface area contributed by atoms with Crippen LogP contribution in [0.2, 0.25) is 0 Å². The molecule has 0 saturated carbocycles. The van der Waals surface area contributed by atoms with Crippen molar-refractivity contribution in [1.82, 2.24) is 10.2 Å². The zero-order valence-corrected chi connectivity index (χ0v) is 20.9. The number of hydrogen-bond acceptors (Lipinski definition) is 6. The zero-order chi connectivity index (χ0) is 23.9. The summed E-state index contributed by atoms with van der Waals surface area (Å²) in [4.78, 5) is 19.2. The second-order valence-electron chi connectivity index (χ2n) is 8.54. The van der Waals surface area contributed by atoms with Gasteiger partial charge in [-0.2, -0.15) is 0 Å². The maximum Gasteiger partial charge on any atom is 0.224 e. The Labute approximate surface area is 206 Å². The third-order valence-corrected chi connectivity index (χ3v) is 7.28. The largest absolute Gasteiger partial charge is 0.493 e. The predicted molar refractivity (Wildman–Crippen MR) is 138 cm³/mol. The summed E-state index contributed by atoms with van der Waals surface area (Å²) in [7, 11) is 3.21. The number of piperazine rings is 1. The summed E-state index contributed by atoms with van der Waals surface area (Å²) in [5.74, 6) is 1.30. The van der Waals surface area contributed by atoms with Crippen LogP contribution in [0, 0.1) is 0 Å². The van der Waals surface area contributed by atoms with Gasteiger partial charge in [0.2, 0.25) is 5.91 Å². The average molecular weight is 480 g/mol. The second kappa shape index (κ2) is 11.4. The van der Waals surface area contributed by atoms with Crippen LogP contribution in [-0.4, -0.2) is 57.2 Å². The molecule has 1 saturated heterocycles. The number of carbonyl (C=O) groups is 1. The van der Waals surface area contributed by atoms with E-state index in [1.807, 2.05) is 18.2 Å². The van der Waals surface area contributed by atoms with E-state index >= 15 is 0 Å². The molecule has 180 valence electrons. The summed E-state index contributed by atoms with van der Waals surface area (Å²) in [5.41, 5.74) is 2.16. The van der Waals surface area contributed by atoms with Gasteiger partial charge in [-0.1, -0.05) is 30.3 Å². The van der Waals surface area contributed by atoms with Crippen LogP contribution in [0.4, 0.5) is 5.69 Å². The van der Waals surface area contributed by atoms with E-state index in [9.17, 15) is 4.79 Å². The number of hydrogen-bond donors (Lipinski definition) is 1. The molecular formula is C27H33N3O3S. The fourth-order valence-electron chi connectivity index (χ4n) is 4.66. The predicted octanol–water partition coefficient (Wildman–Crippen LogP) is 4.38. The number of nitrogens with one attached hydrogen (secondary N) is 1. The number of rotatable bonds is 9. The molecule has 1 aromatic heterocycles. The Morgan fingerprint density at radius 1 is 0.971 bits per heavy atom. The standard InChI is InChI=1S/C27H33N3O3S/c1-20(28-26(31)19-21-11-12-23(32-2)24(18-21)33-3)27(25-10-7-17-34-25)30-15-13-29(14-16-30)22-8-5-4-6-9-22/h4-12,17-18,20,27H,13-16,19H2,1-3H3,(H,28,31)/t20-,27+/m0/s1. The van der Waals surface area contributed by atoms with Crippen LogP contribution < -0.4 is 19.7 Å². The van der Waals surface area contributed by atoms with Gasteiger partial charge in [0.05, 0.1) is 26.7 Å². The Morgan fingerprint density at radius 2 is 1.71 bits per heavy atom. The van der Waals surface area contributed by atoms with Crippen molar-refractivity contribution in [2.45, 2.75) is 25.4 Å². The first-order valence-corrected chi connectivity index (χ1v) is 12.5. The summed E-state index contributed by atoms with van der Waals surface area (Å²) in [6.07, 6.45) is 0.295. The van der Waals surface area contributed by atoms with E-state index in [2.05, 4.69) is 69.9 Å². The molecule has 7 heteroatoms. The highest BCUT2D eigenvalue weighted by molar-refractivity contribution is 7.10. The molecule has 0 spiro atoms. The minimum absolute atomic E-state index is 0.00389. The van der Waals surface area contributed by atoms with Crippen LogP contribution in [0.25, 0.3) is 0 Å². The van der Waals surface area contributed by atoms with Gasteiger partial charge < -0.3 is 19.7 Å². The smallest absolute Gasteiger partial charge is 0.224 e. The lowest BCUT2D eigenvalue weighted by atomic mass is 10.0. The summed E-state index contributed by atoms with van der Waals surface area (Å²) in [6.45, 7) is 5.96. The highest BCUT2D eigenvalue weighted by Gasteiger charge is 2.31. The van der Waals surface area contributed by atoms with Crippen LogP contribution in [-0.2, 0) is 11.2 Å². The number of thiophene rings is 1. The molecule has 1 fully saturated rings. The Hall–Kier alpha value is -3.03. The molecule has 2 aromatic carbocycles. The third-order valence-electron chi connectivity index (χ3n) is 6.34. The lowest BCUT2D eigenvalue weighted by molar-refractivity contribution is -0.121. The number of ether oxygens (including phenoxy) is 2. The highest BCUT2D eigenvalue weighted by atomic mass is 32.1. The molecule has 0 radical (unpaired) electrons. The maximum atomic E-state index is 13.0. The van der Waals surface area contributed by atoms with Crippen LogP contribution in [0.3, 0.4) is 0 Å². The molecule has 2 heterocycles. The summed E-state index contributed by atoms with van der Waals surface area (Å²) >= 11 is 1.75. The Bertz CT molecular complexity index is 1050. The van der Waals surface area contributed by atoms with Crippen molar-refractivity contribution in [3.8, 4) is 11.5 Å². The molecule has 34 heavy (non-hydrogen) atoms. The van der Waals surface area contributed by atoms with Gasteiger partial charge in [-0.3, -0.25) is 9.69 Å². The lowest BCUT2D eigenvalue weighted by Gasteiger charge is -2.42. The number of methoxy groups -OCH3 is 2. The lowest BCUT2D eigenvalue weighted by Crippen LogP contribution is -2.52. The van der Waals surface area contributed by atoms with Crippen molar-refractivity contribution < 1.29 is 14.3 Å². The molecule has 1 aliphatic rings. The fraction of sp³-hybridized carbons (Fsp3) is 0.370. The van der Waals surface area contributed by atoms with Gasteiger partial charge in [-0.05, 0) is 48.2 Å². The number of anilines is 1. The molecule has 0 aliphatic carbocycles. The Kier molecular flexibility index (Phi) is 8.08. The molecule has 0 unspecified atom stereocenters. The molecule has 2 atom stereocenters. The van der Waals surface area contributed by atoms with Gasteiger partial charge in [-0.15, -0.1) is 11.3 Å². The molecule has 4 rings (SSSR count). The monoisotopic (exact) mass is 479 g/mol. The number of nitrogens with zero attached hydrogens (tertiary/aromatic N) is 2. The van der Waals surface area contributed by atoms with E-state index in [1.165, 1.54) is 10.6 Å². The summed E-state index contributed by atoms with van der Waals surface area (Å²) in [6, 6.07) is 20.6. The Morgan fingerprint density at radius 3 is 2.35 bits per heavy atom. The van der Waals surface area contributed by atoms with Crippen molar-refractivity contribution in [3.63, 3.8) is 0 Å². The molecule has 1 aliphatic heterocycles. The van der Waals surface area contributed by atoms with E-state index in [4.69, 9.17) is 9.47 Å². The van der Waals surface area contributed by atoms with Crippen molar-refractivity contribution in [2.24, 2.45) is 0 Å². The van der Waals surface area contributed by atoms with E-state index in [-0.39, 0.29) is 18.0 Å². The minimum Gasteiger partial charge on any atom is -0.493 e. The van der Waals surface area contributed by atoms with Crippen molar-refractivity contribution in [2.75, 3.05) is 45.3 Å². The quantitative estimate of drug-likeness (QED) is 0.494. The summed E-state index contributed by atoms with van der Waals surface area (Å²) in [5, 5.41) is 5.38. The topological polar surface area (TPSA) is 54.0 Å². The van der Waals surface area contributed by atoms with Crippen molar-refractivity contribution in [3.05, 3.63) is 76.5 Å². The van der Waals surface area contributed by atoms with Crippen LogP contribution >= 0.6 is 11.3 Å².